The molecule has 24 heavy (non-hydrogen) atoms. The third kappa shape index (κ3) is 4.22. The second-order valence-corrected chi connectivity index (χ2v) is 4.90. The summed E-state index contributed by atoms with van der Waals surface area (Å²) in [6, 6.07) is 10.4. The van der Waals surface area contributed by atoms with E-state index in [-0.39, 0.29) is 11.7 Å². The Bertz CT molecular complexity index is 732. The third-order valence-electron chi connectivity index (χ3n) is 3.33. The van der Waals surface area contributed by atoms with Crippen molar-refractivity contribution in [2.24, 2.45) is 10.7 Å². The molecule has 0 saturated heterocycles. The lowest BCUT2D eigenvalue weighted by Gasteiger charge is -2.11. The molecule has 0 heterocycles. The molecule has 7 heteroatoms. The molecular formula is C17H21N3O4. The van der Waals surface area contributed by atoms with E-state index in [9.17, 15) is 5.11 Å². The second kappa shape index (κ2) is 7.96. The first-order chi connectivity index (χ1) is 11.6. The Morgan fingerprint density at radius 3 is 2.29 bits per heavy atom. The van der Waals surface area contributed by atoms with Gasteiger partial charge >= 0.3 is 0 Å². The van der Waals surface area contributed by atoms with E-state index < -0.39 is 0 Å². The molecule has 0 bridgehead atoms. The number of hydrogen-bond acceptors (Lipinski definition) is 5. The van der Waals surface area contributed by atoms with Gasteiger partial charge in [-0.3, -0.25) is 0 Å². The molecule has 0 amide bonds. The number of aliphatic imine (C=N–C) groups is 1. The first kappa shape index (κ1) is 17.3. The maximum Gasteiger partial charge on any atom is 0.193 e. The van der Waals surface area contributed by atoms with E-state index in [1.807, 2.05) is 12.1 Å². The Balaban J connectivity index is 2.05. The van der Waals surface area contributed by atoms with Crippen molar-refractivity contribution in [1.82, 2.24) is 0 Å². The van der Waals surface area contributed by atoms with Crippen LogP contribution < -0.4 is 25.3 Å². The van der Waals surface area contributed by atoms with Crippen molar-refractivity contribution >= 4 is 11.6 Å². The van der Waals surface area contributed by atoms with Crippen LogP contribution in [0.3, 0.4) is 0 Å². The topological polar surface area (TPSA) is 98.3 Å². The Morgan fingerprint density at radius 2 is 1.67 bits per heavy atom. The van der Waals surface area contributed by atoms with Gasteiger partial charge in [0.1, 0.15) is 0 Å². The summed E-state index contributed by atoms with van der Waals surface area (Å²) < 4.78 is 15.4. The first-order valence-corrected chi connectivity index (χ1v) is 7.22. The molecule has 0 aliphatic carbocycles. The number of hydrogen-bond donors (Lipinski definition) is 3. The van der Waals surface area contributed by atoms with Crippen molar-refractivity contribution in [2.45, 2.75) is 6.54 Å². The Hall–Kier alpha value is -3.09. The zero-order valence-electron chi connectivity index (χ0n) is 13.9. The molecule has 7 nitrogen and oxygen atoms in total. The van der Waals surface area contributed by atoms with Gasteiger partial charge in [0.05, 0.1) is 27.9 Å². The fourth-order valence-corrected chi connectivity index (χ4v) is 2.11. The number of phenolic OH excluding ortho intramolecular Hbond substituents is 1. The number of nitrogens with two attached hydrogens (primary N) is 1. The fraction of sp³-hybridized carbons (Fsp3) is 0.235. The second-order valence-electron chi connectivity index (χ2n) is 4.90. The lowest BCUT2D eigenvalue weighted by molar-refractivity contribution is 0.355. The van der Waals surface area contributed by atoms with Crippen LogP contribution in [0.4, 0.5) is 5.69 Å². The number of nitrogens with one attached hydrogen (secondary N) is 1. The van der Waals surface area contributed by atoms with Crippen LogP contribution in [-0.4, -0.2) is 32.4 Å². The van der Waals surface area contributed by atoms with Gasteiger partial charge in [-0.15, -0.1) is 0 Å². The highest BCUT2D eigenvalue weighted by Crippen LogP contribution is 2.29. The van der Waals surface area contributed by atoms with E-state index in [1.54, 1.807) is 38.5 Å². The first-order valence-electron chi connectivity index (χ1n) is 7.22. The predicted octanol–water partition coefficient (Wildman–Crippen LogP) is 2.34. The number of ether oxygens (including phenoxy) is 3. The standard InChI is InChI=1S/C17H21N3O4/c1-22-14-6-4-11(8-13(14)21)10-19-17(18)20-12-5-7-15(23-2)16(9-12)24-3/h4-9,21H,10H2,1-3H3,(H3,18,19,20). The summed E-state index contributed by atoms with van der Waals surface area (Å²) in [5.74, 6) is 1.95. The molecule has 0 unspecified atom stereocenters. The molecular weight excluding hydrogens is 310 g/mol. The van der Waals surface area contributed by atoms with Gasteiger partial charge in [-0.25, -0.2) is 4.99 Å². The van der Waals surface area contributed by atoms with Crippen LogP contribution >= 0.6 is 0 Å². The van der Waals surface area contributed by atoms with E-state index in [2.05, 4.69) is 10.3 Å². The summed E-state index contributed by atoms with van der Waals surface area (Å²) in [6.07, 6.45) is 0. The Morgan fingerprint density at radius 1 is 1.00 bits per heavy atom. The van der Waals surface area contributed by atoms with Gasteiger partial charge in [0.15, 0.2) is 29.0 Å². The molecule has 0 aliphatic rings. The minimum absolute atomic E-state index is 0.0663. The molecule has 2 rings (SSSR count). The van der Waals surface area contributed by atoms with Crippen molar-refractivity contribution in [1.29, 1.82) is 0 Å². The maximum atomic E-state index is 9.75. The van der Waals surface area contributed by atoms with Crippen molar-refractivity contribution in [3.63, 3.8) is 0 Å². The van der Waals surface area contributed by atoms with E-state index in [4.69, 9.17) is 19.9 Å². The normalized spacial score (nSPS) is 11.0. The van der Waals surface area contributed by atoms with Gasteiger partial charge < -0.3 is 30.4 Å². The van der Waals surface area contributed by atoms with Gasteiger partial charge in [-0.1, -0.05) is 6.07 Å². The Labute approximate surface area is 140 Å². The summed E-state index contributed by atoms with van der Waals surface area (Å²) >= 11 is 0. The van der Waals surface area contributed by atoms with Crippen LogP contribution in [0.25, 0.3) is 0 Å². The highest BCUT2D eigenvalue weighted by atomic mass is 16.5. The third-order valence-corrected chi connectivity index (χ3v) is 3.33. The number of benzene rings is 2. The minimum Gasteiger partial charge on any atom is -0.504 e. The largest absolute Gasteiger partial charge is 0.504 e. The highest BCUT2D eigenvalue weighted by Gasteiger charge is 2.05. The lowest BCUT2D eigenvalue weighted by atomic mass is 10.2. The molecule has 0 spiro atoms. The van der Waals surface area contributed by atoms with E-state index >= 15 is 0 Å². The zero-order chi connectivity index (χ0) is 17.5. The van der Waals surface area contributed by atoms with Gasteiger partial charge in [0, 0.05) is 11.8 Å². The van der Waals surface area contributed by atoms with E-state index in [1.165, 1.54) is 7.11 Å². The molecule has 0 fully saturated rings. The molecule has 0 saturated carbocycles. The molecule has 0 radical (unpaired) electrons. The lowest BCUT2D eigenvalue weighted by Crippen LogP contribution is -2.22. The average molecular weight is 331 g/mol. The van der Waals surface area contributed by atoms with Crippen LogP contribution in [0.1, 0.15) is 5.56 Å². The molecule has 2 aromatic rings. The molecule has 128 valence electrons. The predicted molar refractivity (Wildman–Crippen MR) is 93.2 cm³/mol. The fourth-order valence-electron chi connectivity index (χ4n) is 2.11. The van der Waals surface area contributed by atoms with E-state index in [0.717, 1.165) is 11.3 Å². The summed E-state index contributed by atoms with van der Waals surface area (Å²) in [4.78, 5) is 4.24. The van der Waals surface area contributed by atoms with Crippen LogP contribution in [0, 0.1) is 0 Å². The summed E-state index contributed by atoms with van der Waals surface area (Å²) in [6.45, 7) is 0.323. The number of rotatable bonds is 6. The van der Waals surface area contributed by atoms with E-state index in [0.29, 0.717) is 23.8 Å². The van der Waals surface area contributed by atoms with Crippen LogP contribution in [0.15, 0.2) is 41.4 Å². The summed E-state index contributed by atoms with van der Waals surface area (Å²) in [7, 11) is 4.64. The van der Waals surface area contributed by atoms with Gasteiger partial charge in [0.2, 0.25) is 0 Å². The molecule has 0 atom stereocenters. The van der Waals surface area contributed by atoms with Crippen molar-refractivity contribution < 1.29 is 19.3 Å². The van der Waals surface area contributed by atoms with Crippen LogP contribution in [0.2, 0.25) is 0 Å². The Kier molecular flexibility index (Phi) is 5.73. The van der Waals surface area contributed by atoms with Crippen LogP contribution in [0.5, 0.6) is 23.0 Å². The molecule has 2 aromatic carbocycles. The van der Waals surface area contributed by atoms with Gasteiger partial charge in [-0.2, -0.15) is 0 Å². The quantitative estimate of drug-likeness (QED) is 0.555. The van der Waals surface area contributed by atoms with Gasteiger partial charge in [0.25, 0.3) is 0 Å². The van der Waals surface area contributed by atoms with Crippen LogP contribution in [-0.2, 0) is 6.54 Å². The minimum atomic E-state index is 0.0663. The van der Waals surface area contributed by atoms with Crippen molar-refractivity contribution in [2.75, 3.05) is 26.6 Å². The van der Waals surface area contributed by atoms with Crippen molar-refractivity contribution in [3.05, 3.63) is 42.0 Å². The molecule has 0 aromatic heterocycles. The summed E-state index contributed by atoms with van der Waals surface area (Å²) in [5, 5.41) is 12.7. The number of aromatic hydroxyl groups is 1. The highest BCUT2D eigenvalue weighted by molar-refractivity contribution is 5.92. The number of nitrogens with zero attached hydrogens (tertiary/aromatic N) is 1. The number of methoxy groups -OCH3 is 3. The zero-order valence-corrected chi connectivity index (χ0v) is 13.9. The van der Waals surface area contributed by atoms with Gasteiger partial charge in [-0.05, 0) is 29.8 Å². The average Bonchev–Trinajstić information content (AvgIpc) is 2.60. The number of guanidine groups is 1. The number of anilines is 1. The monoisotopic (exact) mass is 331 g/mol. The molecule has 4 N–H and O–H groups in total. The maximum absolute atomic E-state index is 9.75. The number of phenols is 1. The molecule has 0 aliphatic heterocycles. The summed E-state index contributed by atoms with van der Waals surface area (Å²) in [5.41, 5.74) is 7.43. The SMILES string of the molecule is COc1ccc(CN=C(N)Nc2ccc(OC)c(OC)c2)cc1O. The van der Waals surface area contributed by atoms with Crippen molar-refractivity contribution in [3.8, 4) is 23.0 Å². The smallest absolute Gasteiger partial charge is 0.193 e.